The van der Waals surface area contributed by atoms with E-state index in [2.05, 4.69) is 4.98 Å². The molecule has 15 heavy (non-hydrogen) atoms. The summed E-state index contributed by atoms with van der Waals surface area (Å²) in [6.45, 7) is 0. The van der Waals surface area contributed by atoms with Gasteiger partial charge in [-0.05, 0) is 12.1 Å². The summed E-state index contributed by atoms with van der Waals surface area (Å²) < 4.78 is 30.9. The van der Waals surface area contributed by atoms with Crippen molar-refractivity contribution in [1.29, 1.82) is 0 Å². The molecule has 0 aliphatic carbocycles. The van der Waals surface area contributed by atoms with Crippen molar-refractivity contribution < 1.29 is 13.5 Å². The van der Waals surface area contributed by atoms with E-state index in [1.165, 1.54) is 30.6 Å². The zero-order chi connectivity index (χ0) is 10.8. The van der Waals surface area contributed by atoms with Crippen LogP contribution in [0.3, 0.4) is 0 Å². The van der Waals surface area contributed by atoms with Crippen LogP contribution in [0.1, 0.15) is 0 Å². The fourth-order valence-electron chi connectivity index (χ4n) is 1.14. The van der Waals surface area contributed by atoms with Gasteiger partial charge in [0.15, 0.2) is 0 Å². The highest BCUT2D eigenvalue weighted by atomic mass is 32.1. The zero-order valence-electron chi connectivity index (χ0n) is 7.83. The first kappa shape index (κ1) is 10.0. The van der Waals surface area contributed by atoms with E-state index in [1.54, 1.807) is 5.38 Å². The number of methoxy groups -OCH3 is 1. The molecule has 2 rings (SSSR count). The van der Waals surface area contributed by atoms with Crippen LogP contribution in [0.5, 0.6) is 5.88 Å². The second-order valence-corrected chi connectivity index (χ2v) is 3.68. The Morgan fingerprint density at radius 1 is 1.33 bits per heavy atom. The van der Waals surface area contributed by atoms with Crippen LogP contribution >= 0.6 is 11.3 Å². The molecule has 0 atom stereocenters. The lowest BCUT2D eigenvalue weighted by atomic mass is 10.2. The fraction of sp³-hybridized carbons (Fsp3) is 0.100. The van der Waals surface area contributed by atoms with Crippen molar-refractivity contribution in [3.05, 3.63) is 35.2 Å². The van der Waals surface area contributed by atoms with Gasteiger partial charge in [0.25, 0.3) is 0 Å². The molecule has 0 radical (unpaired) electrons. The summed E-state index contributed by atoms with van der Waals surface area (Å²) in [6.07, 6.45) is 0. The van der Waals surface area contributed by atoms with Crippen LogP contribution < -0.4 is 4.74 Å². The molecule has 2 aromatic rings. The largest absolute Gasteiger partial charge is 0.480 e. The number of thiazole rings is 1. The molecule has 0 fully saturated rings. The number of hydrogen-bond donors (Lipinski definition) is 0. The van der Waals surface area contributed by atoms with E-state index < -0.39 is 11.6 Å². The van der Waals surface area contributed by atoms with Crippen molar-refractivity contribution in [1.82, 2.24) is 4.98 Å². The van der Waals surface area contributed by atoms with Gasteiger partial charge in [-0.3, -0.25) is 0 Å². The molecule has 0 N–H and O–H groups in total. The van der Waals surface area contributed by atoms with E-state index in [0.717, 1.165) is 6.07 Å². The number of benzene rings is 1. The molecule has 0 aliphatic heterocycles. The number of aromatic nitrogens is 1. The highest BCUT2D eigenvalue weighted by Crippen LogP contribution is 2.29. The topological polar surface area (TPSA) is 22.1 Å². The molecule has 0 aliphatic rings. The minimum Gasteiger partial charge on any atom is -0.480 e. The Hall–Kier alpha value is -1.49. The predicted molar refractivity (Wildman–Crippen MR) is 54.0 cm³/mol. The molecule has 0 unspecified atom stereocenters. The standard InChI is InChI=1S/C10H7F2NOS/c1-14-9-5-15-10(13-9)7-3-2-6(11)4-8(7)12/h2-5H,1H3. The smallest absolute Gasteiger partial charge is 0.224 e. The normalized spacial score (nSPS) is 10.3. The van der Waals surface area contributed by atoms with E-state index in [0.29, 0.717) is 10.9 Å². The van der Waals surface area contributed by atoms with Gasteiger partial charge in [0.1, 0.15) is 16.6 Å². The quantitative estimate of drug-likeness (QED) is 0.786. The summed E-state index contributed by atoms with van der Waals surface area (Å²) in [5.74, 6) is -0.787. The lowest BCUT2D eigenvalue weighted by Gasteiger charge is -1.98. The third-order valence-electron chi connectivity index (χ3n) is 1.85. The van der Waals surface area contributed by atoms with Gasteiger partial charge >= 0.3 is 0 Å². The summed E-state index contributed by atoms with van der Waals surface area (Å²) >= 11 is 1.25. The summed E-state index contributed by atoms with van der Waals surface area (Å²) in [6, 6.07) is 3.40. The first-order chi connectivity index (χ1) is 7.20. The first-order valence-corrected chi connectivity index (χ1v) is 5.03. The lowest BCUT2D eigenvalue weighted by molar-refractivity contribution is 0.401. The van der Waals surface area contributed by atoms with Gasteiger partial charge in [0.2, 0.25) is 5.88 Å². The molecule has 0 spiro atoms. The molecular weight excluding hydrogens is 220 g/mol. The van der Waals surface area contributed by atoms with Crippen LogP contribution in [0.4, 0.5) is 8.78 Å². The summed E-state index contributed by atoms with van der Waals surface area (Å²) in [7, 11) is 1.49. The van der Waals surface area contributed by atoms with Gasteiger partial charge in [0.05, 0.1) is 12.5 Å². The van der Waals surface area contributed by atoms with Crippen molar-refractivity contribution in [3.63, 3.8) is 0 Å². The Labute approximate surface area is 89.2 Å². The lowest BCUT2D eigenvalue weighted by Crippen LogP contribution is -1.86. The van der Waals surface area contributed by atoms with E-state index in [9.17, 15) is 8.78 Å². The number of rotatable bonds is 2. The van der Waals surface area contributed by atoms with Gasteiger partial charge in [-0.1, -0.05) is 0 Å². The Bertz CT molecular complexity index is 484. The molecule has 0 saturated carbocycles. The maximum Gasteiger partial charge on any atom is 0.224 e. The van der Waals surface area contributed by atoms with E-state index in [-0.39, 0.29) is 5.56 Å². The Kier molecular flexibility index (Phi) is 2.64. The summed E-state index contributed by atoms with van der Waals surface area (Å²) in [5, 5.41) is 2.14. The average Bonchev–Trinajstić information content (AvgIpc) is 2.66. The minimum atomic E-state index is -0.619. The average molecular weight is 227 g/mol. The first-order valence-electron chi connectivity index (χ1n) is 4.15. The highest BCUT2D eigenvalue weighted by molar-refractivity contribution is 7.13. The van der Waals surface area contributed by atoms with E-state index in [1.807, 2.05) is 0 Å². The summed E-state index contributed by atoms with van der Waals surface area (Å²) in [4.78, 5) is 4.02. The maximum atomic E-state index is 13.3. The Balaban J connectivity index is 2.44. The van der Waals surface area contributed by atoms with Crippen molar-refractivity contribution in [3.8, 4) is 16.5 Å². The molecule has 78 valence electrons. The van der Waals surface area contributed by atoms with Crippen molar-refractivity contribution in [2.75, 3.05) is 7.11 Å². The number of ether oxygens (including phenoxy) is 1. The summed E-state index contributed by atoms with van der Waals surface area (Å²) in [5.41, 5.74) is 0.282. The fourth-order valence-corrected chi connectivity index (χ4v) is 1.94. The molecule has 0 amide bonds. The molecule has 0 saturated heterocycles. The van der Waals surface area contributed by atoms with Gasteiger partial charge in [-0.25, -0.2) is 13.8 Å². The number of halogens is 2. The van der Waals surface area contributed by atoms with Crippen LogP contribution in [0.15, 0.2) is 23.6 Å². The minimum absolute atomic E-state index is 0.282. The van der Waals surface area contributed by atoms with Crippen LogP contribution in [0.25, 0.3) is 10.6 Å². The van der Waals surface area contributed by atoms with Crippen molar-refractivity contribution in [2.45, 2.75) is 0 Å². The highest BCUT2D eigenvalue weighted by Gasteiger charge is 2.10. The van der Waals surface area contributed by atoms with Crippen LogP contribution in [-0.2, 0) is 0 Å². The van der Waals surface area contributed by atoms with Crippen molar-refractivity contribution in [2.24, 2.45) is 0 Å². The third kappa shape index (κ3) is 1.97. The zero-order valence-corrected chi connectivity index (χ0v) is 8.65. The predicted octanol–water partition coefficient (Wildman–Crippen LogP) is 3.10. The van der Waals surface area contributed by atoms with Gasteiger partial charge < -0.3 is 4.74 Å². The number of hydrogen-bond acceptors (Lipinski definition) is 3. The van der Waals surface area contributed by atoms with E-state index >= 15 is 0 Å². The molecule has 1 heterocycles. The van der Waals surface area contributed by atoms with Crippen LogP contribution in [0.2, 0.25) is 0 Å². The molecule has 1 aromatic carbocycles. The molecule has 1 aromatic heterocycles. The van der Waals surface area contributed by atoms with Gasteiger partial charge in [-0.2, -0.15) is 0 Å². The van der Waals surface area contributed by atoms with Gasteiger partial charge in [0, 0.05) is 11.6 Å². The molecule has 5 heteroatoms. The Morgan fingerprint density at radius 3 is 2.73 bits per heavy atom. The monoisotopic (exact) mass is 227 g/mol. The van der Waals surface area contributed by atoms with Crippen LogP contribution in [-0.4, -0.2) is 12.1 Å². The van der Waals surface area contributed by atoms with Crippen LogP contribution in [0, 0.1) is 11.6 Å². The molecule has 0 bridgehead atoms. The second-order valence-electron chi connectivity index (χ2n) is 2.82. The third-order valence-corrected chi connectivity index (χ3v) is 2.71. The molecular formula is C10H7F2NOS. The SMILES string of the molecule is COc1csc(-c2ccc(F)cc2F)n1. The second kappa shape index (κ2) is 3.94. The number of nitrogens with zero attached hydrogens (tertiary/aromatic N) is 1. The maximum absolute atomic E-state index is 13.3. The van der Waals surface area contributed by atoms with Gasteiger partial charge in [-0.15, -0.1) is 11.3 Å². The Morgan fingerprint density at radius 2 is 2.13 bits per heavy atom. The van der Waals surface area contributed by atoms with E-state index in [4.69, 9.17) is 4.74 Å². The molecule has 2 nitrogen and oxygen atoms in total. The van der Waals surface area contributed by atoms with Crippen molar-refractivity contribution >= 4 is 11.3 Å².